The van der Waals surface area contributed by atoms with Gasteiger partial charge in [-0.25, -0.2) is 0 Å². The highest BCUT2D eigenvalue weighted by atomic mass is 15.2. The molecule has 0 aliphatic heterocycles. The Morgan fingerprint density at radius 3 is 2.56 bits per heavy atom. The van der Waals surface area contributed by atoms with Gasteiger partial charge in [-0.3, -0.25) is 4.68 Å². The van der Waals surface area contributed by atoms with Crippen LogP contribution in [0.5, 0.6) is 0 Å². The predicted octanol–water partition coefficient (Wildman–Crippen LogP) is 2.49. The van der Waals surface area contributed by atoms with E-state index in [2.05, 4.69) is 54.6 Å². The van der Waals surface area contributed by atoms with E-state index < -0.39 is 0 Å². The van der Waals surface area contributed by atoms with Crippen LogP contribution >= 0.6 is 0 Å². The highest BCUT2D eigenvalue weighted by molar-refractivity contribution is 5.23. The predicted molar refractivity (Wildman–Crippen MR) is 74.4 cm³/mol. The summed E-state index contributed by atoms with van der Waals surface area (Å²) in [6, 6.07) is 10.6. The molecule has 1 aromatic heterocycles. The Morgan fingerprint density at radius 2 is 1.94 bits per heavy atom. The van der Waals surface area contributed by atoms with Gasteiger partial charge in [-0.15, -0.1) is 0 Å². The maximum absolute atomic E-state index is 4.17. The van der Waals surface area contributed by atoms with Crippen LogP contribution in [0.25, 0.3) is 0 Å². The minimum absolute atomic E-state index is 0.142. The first-order valence-electron chi connectivity index (χ1n) is 6.32. The molecule has 1 aromatic carbocycles. The van der Waals surface area contributed by atoms with E-state index in [0.717, 1.165) is 13.1 Å². The molecule has 18 heavy (non-hydrogen) atoms. The lowest BCUT2D eigenvalue weighted by molar-refractivity contribution is 0.469. The van der Waals surface area contributed by atoms with Gasteiger partial charge in [0, 0.05) is 37.3 Å². The third-order valence-electron chi connectivity index (χ3n) is 3.21. The minimum Gasteiger partial charge on any atom is -0.312 e. The minimum atomic E-state index is 0.142. The summed E-state index contributed by atoms with van der Waals surface area (Å²) in [5.74, 6) is 0. The molecule has 0 spiro atoms. The molecule has 0 aliphatic carbocycles. The van der Waals surface area contributed by atoms with Crippen LogP contribution in [0.2, 0.25) is 0 Å². The molecule has 3 heteroatoms. The number of aryl methyl sites for hydroxylation is 1. The molecule has 96 valence electrons. The fraction of sp³-hybridized carbons (Fsp3) is 0.400. The maximum atomic E-state index is 4.17. The van der Waals surface area contributed by atoms with Crippen molar-refractivity contribution >= 4 is 0 Å². The third-order valence-corrected chi connectivity index (χ3v) is 3.21. The Morgan fingerprint density at radius 1 is 1.22 bits per heavy atom. The largest absolute Gasteiger partial charge is 0.312 e. The molecule has 0 saturated carbocycles. The quantitative estimate of drug-likeness (QED) is 0.874. The van der Waals surface area contributed by atoms with Crippen molar-refractivity contribution in [3.8, 4) is 0 Å². The van der Waals surface area contributed by atoms with E-state index in [1.54, 1.807) is 0 Å². The van der Waals surface area contributed by atoms with Crippen molar-refractivity contribution in [2.75, 3.05) is 6.54 Å². The normalized spacial score (nSPS) is 11.7. The summed E-state index contributed by atoms with van der Waals surface area (Å²) in [6.07, 6.45) is 3.95. The Hall–Kier alpha value is -1.61. The number of nitrogens with zero attached hydrogens (tertiary/aromatic N) is 2. The van der Waals surface area contributed by atoms with E-state index in [1.807, 2.05) is 24.1 Å². The first kappa shape index (κ1) is 12.8. The molecule has 0 radical (unpaired) electrons. The van der Waals surface area contributed by atoms with Crippen LogP contribution in [-0.2, 0) is 19.0 Å². The number of hydrogen-bond acceptors (Lipinski definition) is 2. The molecular weight excluding hydrogens is 222 g/mol. The monoisotopic (exact) mass is 243 g/mol. The van der Waals surface area contributed by atoms with Gasteiger partial charge < -0.3 is 5.32 Å². The summed E-state index contributed by atoms with van der Waals surface area (Å²) in [4.78, 5) is 0. The van der Waals surface area contributed by atoms with Crippen LogP contribution in [0.15, 0.2) is 42.7 Å². The average Bonchev–Trinajstić information content (AvgIpc) is 2.76. The third kappa shape index (κ3) is 3.20. The number of rotatable bonds is 5. The number of aromatic nitrogens is 2. The Kier molecular flexibility index (Phi) is 3.82. The summed E-state index contributed by atoms with van der Waals surface area (Å²) in [7, 11) is 1.94. The van der Waals surface area contributed by atoms with E-state index >= 15 is 0 Å². The number of hydrogen-bond donors (Lipinski definition) is 1. The van der Waals surface area contributed by atoms with E-state index in [9.17, 15) is 0 Å². The number of nitrogens with one attached hydrogen (secondary N) is 1. The van der Waals surface area contributed by atoms with Gasteiger partial charge in [0.25, 0.3) is 0 Å². The molecule has 1 N–H and O–H groups in total. The van der Waals surface area contributed by atoms with Crippen molar-refractivity contribution in [1.29, 1.82) is 0 Å². The van der Waals surface area contributed by atoms with Gasteiger partial charge in [0.05, 0.1) is 6.20 Å². The molecule has 3 nitrogen and oxygen atoms in total. The van der Waals surface area contributed by atoms with Crippen LogP contribution in [-0.4, -0.2) is 16.3 Å². The zero-order chi connectivity index (χ0) is 13.0. The molecule has 0 atom stereocenters. The Labute approximate surface area is 109 Å². The fourth-order valence-electron chi connectivity index (χ4n) is 2.07. The van der Waals surface area contributed by atoms with E-state index in [1.165, 1.54) is 11.1 Å². The second-order valence-corrected chi connectivity index (χ2v) is 5.38. The molecular formula is C15H21N3. The summed E-state index contributed by atoms with van der Waals surface area (Å²) >= 11 is 0. The van der Waals surface area contributed by atoms with Crippen molar-refractivity contribution in [2.24, 2.45) is 7.05 Å². The SMILES string of the molecule is Cn1cc(CNCC(C)(C)c2ccccc2)cn1. The van der Waals surface area contributed by atoms with Crippen molar-refractivity contribution in [1.82, 2.24) is 15.1 Å². The standard InChI is InChI=1S/C15H21N3/c1-15(2,14-7-5-4-6-8-14)12-16-9-13-10-17-18(3)11-13/h4-8,10-11,16H,9,12H2,1-3H3. The van der Waals surface area contributed by atoms with Gasteiger partial charge in [-0.1, -0.05) is 44.2 Å². The molecule has 0 saturated heterocycles. The fourth-order valence-corrected chi connectivity index (χ4v) is 2.07. The average molecular weight is 243 g/mol. The Balaban J connectivity index is 1.89. The molecule has 0 aliphatic rings. The van der Waals surface area contributed by atoms with Gasteiger partial charge in [0.15, 0.2) is 0 Å². The molecule has 2 rings (SSSR count). The second kappa shape index (κ2) is 5.36. The smallest absolute Gasteiger partial charge is 0.0534 e. The Bertz CT molecular complexity index is 485. The zero-order valence-corrected chi connectivity index (χ0v) is 11.4. The molecule has 0 amide bonds. The molecule has 0 unspecified atom stereocenters. The van der Waals surface area contributed by atoms with E-state index in [4.69, 9.17) is 0 Å². The first-order chi connectivity index (χ1) is 8.58. The summed E-state index contributed by atoms with van der Waals surface area (Å²) in [6.45, 7) is 6.34. The highest BCUT2D eigenvalue weighted by Gasteiger charge is 2.19. The molecule has 0 fully saturated rings. The lowest BCUT2D eigenvalue weighted by Gasteiger charge is -2.25. The van der Waals surface area contributed by atoms with Gasteiger partial charge in [-0.05, 0) is 5.56 Å². The van der Waals surface area contributed by atoms with Crippen molar-refractivity contribution in [3.05, 3.63) is 53.9 Å². The molecule has 2 aromatic rings. The van der Waals surface area contributed by atoms with E-state index in [-0.39, 0.29) is 5.41 Å². The maximum Gasteiger partial charge on any atom is 0.0534 e. The van der Waals surface area contributed by atoms with Crippen molar-refractivity contribution in [3.63, 3.8) is 0 Å². The second-order valence-electron chi connectivity index (χ2n) is 5.38. The van der Waals surface area contributed by atoms with Crippen LogP contribution in [0.3, 0.4) is 0 Å². The van der Waals surface area contributed by atoms with E-state index in [0.29, 0.717) is 0 Å². The first-order valence-corrected chi connectivity index (χ1v) is 6.32. The van der Waals surface area contributed by atoms with Crippen molar-refractivity contribution < 1.29 is 0 Å². The zero-order valence-electron chi connectivity index (χ0n) is 11.4. The lowest BCUT2D eigenvalue weighted by atomic mass is 9.84. The van der Waals surface area contributed by atoms with Gasteiger partial charge >= 0.3 is 0 Å². The van der Waals surface area contributed by atoms with Crippen LogP contribution in [0.4, 0.5) is 0 Å². The van der Waals surface area contributed by atoms with Crippen LogP contribution in [0.1, 0.15) is 25.0 Å². The lowest BCUT2D eigenvalue weighted by Crippen LogP contribution is -2.32. The summed E-state index contributed by atoms with van der Waals surface area (Å²) in [5, 5.41) is 7.67. The highest BCUT2D eigenvalue weighted by Crippen LogP contribution is 2.21. The van der Waals surface area contributed by atoms with Gasteiger partial charge in [0.1, 0.15) is 0 Å². The van der Waals surface area contributed by atoms with Gasteiger partial charge in [-0.2, -0.15) is 5.10 Å². The van der Waals surface area contributed by atoms with Crippen molar-refractivity contribution in [2.45, 2.75) is 25.8 Å². The summed E-state index contributed by atoms with van der Waals surface area (Å²) < 4.78 is 1.83. The summed E-state index contributed by atoms with van der Waals surface area (Å²) in [5.41, 5.74) is 2.73. The van der Waals surface area contributed by atoms with Gasteiger partial charge in [0.2, 0.25) is 0 Å². The topological polar surface area (TPSA) is 29.9 Å². The number of benzene rings is 1. The van der Waals surface area contributed by atoms with Crippen LogP contribution < -0.4 is 5.32 Å². The molecule has 0 bridgehead atoms. The van der Waals surface area contributed by atoms with Crippen LogP contribution in [0, 0.1) is 0 Å². The molecule has 1 heterocycles.